The number of pyridine rings is 1. The summed E-state index contributed by atoms with van der Waals surface area (Å²) in [5.41, 5.74) is 2.58. The molecule has 2 aromatic rings. The molecule has 2 aliphatic heterocycles. The van der Waals surface area contributed by atoms with Crippen molar-refractivity contribution < 1.29 is 9.47 Å². The molecule has 2 atom stereocenters. The number of rotatable bonds is 6. The van der Waals surface area contributed by atoms with Crippen molar-refractivity contribution in [2.24, 2.45) is 0 Å². The maximum Gasteiger partial charge on any atom is 0.119 e. The molecule has 2 fully saturated rings. The fourth-order valence-electron chi connectivity index (χ4n) is 3.73. The van der Waals surface area contributed by atoms with Gasteiger partial charge in [-0.15, -0.1) is 0 Å². The van der Waals surface area contributed by atoms with Crippen molar-refractivity contribution in [3.8, 4) is 5.75 Å². The first-order valence-corrected chi connectivity index (χ1v) is 9.56. The van der Waals surface area contributed by atoms with Crippen LogP contribution in [0.5, 0.6) is 5.75 Å². The zero-order chi connectivity index (χ0) is 17.6. The molecule has 0 amide bonds. The molecule has 1 aromatic carbocycles. The van der Waals surface area contributed by atoms with Crippen molar-refractivity contribution >= 4 is 0 Å². The van der Waals surface area contributed by atoms with Gasteiger partial charge in [-0.1, -0.05) is 18.2 Å². The van der Waals surface area contributed by atoms with Crippen molar-refractivity contribution in [1.29, 1.82) is 0 Å². The molecule has 2 aliphatic rings. The number of benzene rings is 1. The molecule has 0 radical (unpaired) electrons. The minimum atomic E-state index is 0.260. The Hall–Kier alpha value is -1.95. The van der Waals surface area contributed by atoms with Crippen LogP contribution in [0.25, 0.3) is 0 Å². The summed E-state index contributed by atoms with van der Waals surface area (Å²) in [6.07, 6.45) is 6.33. The second-order valence-corrected chi connectivity index (χ2v) is 7.07. The number of piperazine rings is 1. The highest BCUT2D eigenvalue weighted by Gasteiger charge is 2.24. The van der Waals surface area contributed by atoms with E-state index < -0.39 is 0 Å². The fraction of sp³-hybridized carbons (Fsp3) is 0.476. The van der Waals surface area contributed by atoms with Crippen molar-refractivity contribution in [3.63, 3.8) is 0 Å². The molecule has 5 nitrogen and oxygen atoms in total. The van der Waals surface area contributed by atoms with Gasteiger partial charge in [0.05, 0.1) is 6.10 Å². The molecular weight excluding hydrogens is 326 g/mol. The second kappa shape index (κ2) is 8.62. The molecule has 0 bridgehead atoms. The van der Waals surface area contributed by atoms with Gasteiger partial charge in [0, 0.05) is 51.2 Å². The van der Waals surface area contributed by atoms with E-state index >= 15 is 0 Å². The lowest BCUT2D eigenvalue weighted by Gasteiger charge is -2.36. The van der Waals surface area contributed by atoms with Gasteiger partial charge < -0.3 is 14.8 Å². The quantitative estimate of drug-likeness (QED) is 0.865. The minimum Gasteiger partial charge on any atom is -0.491 e. The predicted molar refractivity (Wildman–Crippen MR) is 101 cm³/mol. The summed E-state index contributed by atoms with van der Waals surface area (Å²) in [5.74, 6) is 0.924. The molecular formula is C21H27N3O2. The molecule has 1 aromatic heterocycles. The summed E-state index contributed by atoms with van der Waals surface area (Å²) >= 11 is 0. The van der Waals surface area contributed by atoms with E-state index in [9.17, 15) is 0 Å². The van der Waals surface area contributed by atoms with Crippen LogP contribution in [0.15, 0.2) is 48.8 Å². The van der Waals surface area contributed by atoms with Crippen LogP contribution in [0.3, 0.4) is 0 Å². The average Bonchev–Trinajstić information content (AvgIpc) is 3.22. The van der Waals surface area contributed by atoms with Crippen LogP contribution >= 0.6 is 0 Å². The summed E-state index contributed by atoms with van der Waals surface area (Å²) < 4.78 is 11.5. The van der Waals surface area contributed by atoms with E-state index in [1.165, 1.54) is 11.1 Å². The Labute approximate surface area is 155 Å². The van der Waals surface area contributed by atoms with Crippen LogP contribution in [-0.2, 0) is 11.3 Å². The smallest absolute Gasteiger partial charge is 0.119 e. The minimum absolute atomic E-state index is 0.260. The molecule has 2 saturated heterocycles. The Kier molecular flexibility index (Phi) is 5.79. The van der Waals surface area contributed by atoms with Gasteiger partial charge in [-0.05, 0) is 42.2 Å². The van der Waals surface area contributed by atoms with E-state index in [0.717, 1.165) is 51.4 Å². The van der Waals surface area contributed by atoms with Gasteiger partial charge in [0.1, 0.15) is 12.4 Å². The van der Waals surface area contributed by atoms with Crippen molar-refractivity contribution in [2.45, 2.75) is 31.5 Å². The molecule has 0 aliphatic carbocycles. The third-order valence-corrected chi connectivity index (χ3v) is 5.19. The van der Waals surface area contributed by atoms with Gasteiger partial charge in [0.15, 0.2) is 0 Å². The van der Waals surface area contributed by atoms with Gasteiger partial charge in [-0.2, -0.15) is 0 Å². The van der Waals surface area contributed by atoms with Crippen molar-refractivity contribution in [3.05, 3.63) is 59.9 Å². The summed E-state index contributed by atoms with van der Waals surface area (Å²) in [5, 5.41) is 3.50. The molecule has 0 saturated carbocycles. The first-order chi connectivity index (χ1) is 12.9. The third kappa shape index (κ3) is 4.41. The van der Waals surface area contributed by atoms with E-state index in [2.05, 4.69) is 45.5 Å². The normalized spacial score (nSPS) is 23.8. The maximum absolute atomic E-state index is 5.87. The van der Waals surface area contributed by atoms with Gasteiger partial charge >= 0.3 is 0 Å². The lowest BCUT2D eigenvalue weighted by molar-refractivity contribution is 0.0679. The molecule has 4 rings (SSSR count). The van der Waals surface area contributed by atoms with E-state index in [-0.39, 0.29) is 6.10 Å². The zero-order valence-corrected chi connectivity index (χ0v) is 15.1. The summed E-state index contributed by atoms with van der Waals surface area (Å²) in [7, 11) is 0. The SMILES string of the molecule is c1cncc(C2CNCCN2Cc2ccc(OCC3CCCO3)cc2)c1. The largest absolute Gasteiger partial charge is 0.491 e. The Morgan fingerprint density at radius 3 is 2.92 bits per heavy atom. The highest BCUT2D eigenvalue weighted by Crippen LogP contribution is 2.24. The molecule has 1 N–H and O–H groups in total. The van der Waals surface area contributed by atoms with E-state index in [4.69, 9.17) is 9.47 Å². The van der Waals surface area contributed by atoms with Gasteiger partial charge in [0.25, 0.3) is 0 Å². The lowest BCUT2D eigenvalue weighted by Crippen LogP contribution is -2.45. The van der Waals surface area contributed by atoms with Crippen LogP contribution in [0.2, 0.25) is 0 Å². The first kappa shape index (κ1) is 17.5. The van der Waals surface area contributed by atoms with E-state index in [1.807, 2.05) is 18.5 Å². The molecule has 0 spiro atoms. The standard InChI is InChI=1S/C21H27N3O2/c1-3-18(13-22-9-1)21-14-23-10-11-24(21)15-17-5-7-19(8-6-17)26-16-20-4-2-12-25-20/h1,3,5-9,13,20-21,23H,2,4,10-12,14-16H2. The lowest BCUT2D eigenvalue weighted by atomic mass is 10.0. The maximum atomic E-state index is 5.87. The van der Waals surface area contributed by atoms with Crippen molar-refractivity contribution in [1.82, 2.24) is 15.2 Å². The second-order valence-electron chi connectivity index (χ2n) is 7.07. The van der Waals surface area contributed by atoms with Crippen LogP contribution in [-0.4, -0.2) is 48.8 Å². The highest BCUT2D eigenvalue weighted by atomic mass is 16.5. The summed E-state index contributed by atoms with van der Waals surface area (Å²) in [4.78, 5) is 6.81. The van der Waals surface area contributed by atoms with Gasteiger partial charge in [0.2, 0.25) is 0 Å². The van der Waals surface area contributed by atoms with Crippen LogP contribution < -0.4 is 10.1 Å². The predicted octanol–water partition coefficient (Wildman–Crippen LogP) is 2.79. The van der Waals surface area contributed by atoms with Crippen molar-refractivity contribution in [2.75, 3.05) is 32.8 Å². The first-order valence-electron chi connectivity index (χ1n) is 9.56. The summed E-state index contributed by atoms with van der Waals surface area (Å²) in [6, 6.07) is 13.0. The number of hydrogen-bond acceptors (Lipinski definition) is 5. The monoisotopic (exact) mass is 353 g/mol. The molecule has 2 unspecified atom stereocenters. The number of ether oxygens (including phenoxy) is 2. The number of hydrogen-bond donors (Lipinski definition) is 1. The van der Waals surface area contributed by atoms with Gasteiger partial charge in [-0.3, -0.25) is 9.88 Å². The molecule has 3 heterocycles. The van der Waals surface area contributed by atoms with Gasteiger partial charge in [-0.25, -0.2) is 0 Å². The fourth-order valence-corrected chi connectivity index (χ4v) is 3.73. The molecule has 26 heavy (non-hydrogen) atoms. The molecule has 138 valence electrons. The number of nitrogens with one attached hydrogen (secondary N) is 1. The number of aromatic nitrogens is 1. The Morgan fingerprint density at radius 2 is 2.15 bits per heavy atom. The Bertz CT molecular complexity index is 671. The highest BCUT2D eigenvalue weighted by molar-refractivity contribution is 5.27. The van der Waals surface area contributed by atoms with E-state index in [0.29, 0.717) is 12.6 Å². The summed E-state index contributed by atoms with van der Waals surface area (Å²) in [6.45, 7) is 5.49. The topological polar surface area (TPSA) is 46.6 Å². The van der Waals surface area contributed by atoms with Crippen LogP contribution in [0.4, 0.5) is 0 Å². The van der Waals surface area contributed by atoms with Crippen LogP contribution in [0, 0.1) is 0 Å². The van der Waals surface area contributed by atoms with Crippen LogP contribution in [0.1, 0.15) is 30.0 Å². The molecule has 5 heteroatoms. The Morgan fingerprint density at radius 1 is 1.23 bits per heavy atom. The van der Waals surface area contributed by atoms with E-state index in [1.54, 1.807) is 0 Å². The number of nitrogens with zero attached hydrogens (tertiary/aromatic N) is 2. The average molecular weight is 353 g/mol. The third-order valence-electron chi connectivity index (χ3n) is 5.19. The Balaban J connectivity index is 1.36. The zero-order valence-electron chi connectivity index (χ0n) is 15.1.